The van der Waals surface area contributed by atoms with E-state index in [2.05, 4.69) is 10.00 Å². The molecule has 0 aliphatic carbocycles. The van der Waals surface area contributed by atoms with Crippen molar-refractivity contribution in [3.8, 4) is 0 Å². The van der Waals surface area contributed by atoms with Gasteiger partial charge >= 0.3 is 6.03 Å². The van der Waals surface area contributed by atoms with E-state index >= 15 is 0 Å². The Bertz CT molecular complexity index is 727. The van der Waals surface area contributed by atoms with Gasteiger partial charge in [-0.05, 0) is 46.5 Å². The number of carbonyl (C=O) groups excluding carboxylic acids is 1. The summed E-state index contributed by atoms with van der Waals surface area (Å²) in [5.41, 5.74) is 0.688. The predicted molar refractivity (Wildman–Crippen MR) is 109 cm³/mol. The van der Waals surface area contributed by atoms with Gasteiger partial charge in [-0.25, -0.2) is 9.48 Å². The van der Waals surface area contributed by atoms with Crippen molar-refractivity contribution in [3.63, 3.8) is 0 Å². The molecule has 8 heteroatoms. The van der Waals surface area contributed by atoms with Crippen molar-refractivity contribution in [1.29, 1.82) is 0 Å². The molecule has 2 fully saturated rings. The highest BCUT2D eigenvalue weighted by Gasteiger charge is 2.29. The molecule has 1 unspecified atom stereocenters. The third-order valence-electron chi connectivity index (χ3n) is 5.86. The van der Waals surface area contributed by atoms with Crippen LogP contribution in [-0.2, 0) is 0 Å². The van der Waals surface area contributed by atoms with Crippen LogP contribution in [0.25, 0.3) is 0 Å². The number of anilines is 1. The van der Waals surface area contributed by atoms with Gasteiger partial charge in [-0.2, -0.15) is 5.10 Å². The van der Waals surface area contributed by atoms with Gasteiger partial charge in [-0.3, -0.25) is 4.79 Å². The Morgan fingerprint density at radius 3 is 2.61 bits per heavy atom. The molecule has 1 atom stereocenters. The molecule has 0 radical (unpaired) electrons. The van der Waals surface area contributed by atoms with Crippen LogP contribution in [0.1, 0.15) is 52.5 Å². The summed E-state index contributed by atoms with van der Waals surface area (Å²) >= 11 is 0. The van der Waals surface area contributed by atoms with E-state index in [9.17, 15) is 14.7 Å². The van der Waals surface area contributed by atoms with E-state index in [1.54, 1.807) is 12.3 Å². The third kappa shape index (κ3) is 4.48. The molecule has 1 N–H and O–H groups in total. The second kappa shape index (κ2) is 8.94. The standard InChI is InChI=1S/C20H33N5O3/c1-4-24(15(2)3)20(28)23-9-5-6-16(14-23)25-19(27)12-17(13-21-25)22-10-7-18(26)8-11-22/h12-13,15-16,18,26H,4-11,14H2,1-3H3. The Hall–Kier alpha value is -2.09. The van der Waals surface area contributed by atoms with E-state index in [0.29, 0.717) is 25.9 Å². The minimum absolute atomic E-state index is 0.0405. The maximum atomic E-state index is 12.8. The molecule has 8 nitrogen and oxygen atoms in total. The van der Waals surface area contributed by atoms with E-state index < -0.39 is 0 Å². The first-order valence-electron chi connectivity index (χ1n) is 10.5. The van der Waals surface area contributed by atoms with E-state index in [4.69, 9.17) is 0 Å². The molecule has 3 heterocycles. The van der Waals surface area contributed by atoms with Gasteiger partial charge in [0.15, 0.2) is 0 Å². The highest BCUT2D eigenvalue weighted by atomic mass is 16.3. The Balaban J connectivity index is 1.71. The molecule has 3 rings (SSSR count). The van der Waals surface area contributed by atoms with Gasteiger partial charge in [0, 0.05) is 44.8 Å². The Labute approximate surface area is 166 Å². The van der Waals surface area contributed by atoms with Gasteiger partial charge < -0.3 is 19.8 Å². The van der Waals surface area contributed by atoms with Crippen LogP contribution in [-0.4, -0.2) is 75.6 Å². The lowest BCUT2D eigenvalue weighted by atomic mass is 10.1. The van der Waals surface area contributed by atoms with Crippen LogP contribution in [0.3, 0.4) is 0 Å². The lowest BCUT2D eigenvalue weighted by Gasteiger charge is -2.37. The summed E-state index contributed by atoms with van der Waals surface area (Å²) in [5, 5.41) is 14.1. The fourth-order valence-corrected chi connectivity index (χ4v) is 4.21. The van der Waals surface area contributed by atoms with Gasteiger partial charge in [0.05, 0.1) is 24.0 Å². The topological polar surface area (TPSA) is 81.9 Å². The molecule has 1 aromatic rings. The van der Waals surface area contributed by atoms with Crippen molar-refractivity contribution in [3.05, 3.63) is 22.6 Å². The van der Waals surface area contributed by atoms with E-state index in [-0.39, 0.29) is 29.8 Å². The summed E-state index contributed by atoms with van der Waals surface area (Å²) in [5.74, 6) is 0. The van der Waals surface area contributed by atoms with Crippen molar-refractivity contribution in [2.24, 2.45) is 0 Å². The summed E-state index contributed by atoms with van der Waals surface area (Å²) in [4.78, 5) is 31.4. The second-order valence-corrected chi connectivity index (χ2v) is 8.12. The van der Waals surface area contributed by atoms with Gasteiger partial charge in [-0.15, -0.1) is 0 Å². The molecule has 28 heavy (non-hydrogen) atoms. The number of urea groups is 1. The molecule has 0 bridgehead atoms. The summed E-state index contributed by atoms with van der Waals surface area (Å²) in [6, 6.07) is 1.74. The first kappa shape index (κ1) is 20.6. The fraction of sp³-hybridized carbons (Fsp3) is 0.750. The zero-order chi connectivity index (χ0) is 20.3. The van der Waals surface area contributed by atoms with Crippen molar-refractivity contribution < 1.29 is 9.90 Å². The molecule has 2 aliphatic heterocycles. The summed E-state index contributed by atoms with van der Waals surface area (Å²) in [6.45, 7) is 9.42. The average molecular weight is 392 g/mol. The second-order valence-electron chi connectivity index (χ2n) is 8.12. The minimum atomic E-state index is -0.246. The van der Waals surface area contributed by atoms with Crippen LogP contribution < -0.4 is 10.5 Å². The van der Waals surface area contributed by atoms with Crippen LogP contribution in [0.5, 0.6) is 0 Å². The number of hydrogen-bond acceptors (Lipinski definition) is 5. The number of aliphatic hydroxyl groups excluding tert-OH is 1. The van der Waals surface area contributed by atoms with Crippen LogP contribution in [0.2, 0.25) is 0 Å². The number of rotatable bonds is 4. The number of hydrogen-bond donors (Lipinski definition) is 1. The van der Waals surface area contributed by atoms with Gasteiger partial charge in [0.2, 0.25) is 0 Å². The lowest BCUT2D eigenvalue weighted by Crippen LogP contribution is -2.51. The summed E-state index contributed by atoms with van der Waals surface area (Å²) in [6.07, 6.45) is 4.64. The Kier molecular flexibility index (Phi) is 6.59. The smallest absolute Gasteiger partial charge is 0.320 e. The molecule has 0 saturated carbocycles. The average Bonchev–Trinajstić information content (AvgIpc) is 2.68. The van der Waals surface area contributed by atoms with Gasteiger partial charge in [0.1, 0.15) is 0 Å². The molecular formula is C20H33N5O3. The first-order chi connectivity index (χ1) is 13.4. The van der Waals surface area contributed by atoms with Crippen LogP contribution >= 0.6 is 0 Å². The molecule has 2 saturated heterocycles. The number of carbonyl (C=O) groups is 1. The number of amides is 2. The zero-order valence-corrected chi connectivity index (χ0v) is 17.3. The lowest BCUT2D eigenvalue weighted by molar-refractivity contribution is 0.118. The van der Waals surface area contributed by atoms with E-state index in [1.165, 1.54) is 4.68 Å². The van der Waals surface area contributed by atoms with Crippen molar-refractivity contribution in [2.75, 3.05) is 37.6 Å². The molecular weight excluding hydrogens is 358 g/mol. The minimum Gasteiger partial charge on any atom is -0.393 e. The number of aromatic nitrogens is 2. The Morgan fingerprint density at radius 2 is 2.00 bits per heavy atom. The predicted octanol–water partition coefficient (Wildman–Crippen LogP) is 1.69. The van der Waals surface area contributed by atoms with Crippen molar-refractivity contribution in [2.45, 2.75) is 64.6 Å². The highest BCUT2D eigenvalue weighted by Crippen LogP contribution is 2.22. The van der Waals surface area contributed by atoms with Crippen LogP contribution in [0.4, 0.5) is 10.5 Å². The molecule has 2 aliphatic rings. The number of aliphatic hydroxyl groups is 1. The number of piperidine rings is 2. The van der Waals surface area contributed by atoms with Crippen molar-refractivity contribution in [1.82, 2.24) is 19.6 Å². The quantitative estimate of drug-likeness (QED) is 0.845. The Morgan fingerprint density at radius 1 is 1.29 bits per heavy atom. The maximum Gasteiger partial charge on any atom is 0.320 e. The SMILES string of the molecule is CCN(C(=O)N1CCCC(n2ncc(N3CCC(O)CC3)cc2=O)C1)C(C)C. The monoisotopic (exact) mass is 391 g/mol. The maximum absolute atomic E-state index is 12.8. The largest absolute Gasteiger partial charge is 0.393 e. The fourth-order valence-electron chi connectivity index (χ4n) is 4.21. The molecule has 0 aromatic carbocycles. The first-order valence-corrected chi connectivity index (χ1v) is 10.5. The molecule has 0 spiro atoms. The van der Waals surface area contributed by atoms with Gasteiger partial charge in [0.25, 0.3) is 5.56 Å². The summed E-state index contributed by atoms with van der Waals surface area (Å²) in [7, 11) is 0. The van der Waals surface area contributed by atoms with Crippen LogP contribution in [0.15, 0.2) is 17.1 Å². The van der Waals surface area contributed by atoms with E-state index in [0.717, 1.165) is 38.2 Å². The highest BCUT2D eigenvalue weighted by molar-refractivity contribution is 5.74. The number of likely N-dealkylation sites (tertiary alicyclic amines) is 1. The zero-order valence-electron chi connectivity index (χ0n) is 17.3. The van der Waals surface area contributed by atoms with Gasteiger partial charge in [-0.1, -0.05) is 0 Å². The molecule has 1 aromatic heterocycles. The van der Waals surface area contributed by atoms with E-state index in [1.807, 2.05) is 30.6 Å². The third-order valence-corrected chi connectivity index (χ3v) is 5.86. The van der Waals surface area contributed by atoms with Crippen molar-refractivity contribution >= 4 is 11.7 Å². The normalized spacial score (nSPS) is 21.2. The summed E-state index contributed by atoms with van der Waals surface area (Å²) < 4.78 is 1.54. The molecule has 2 amide bonds. The number of nitrogens with zero attached hydrogens (tertiary/aromatic N) is 5. The van der Waals surface area contributed by atoms with Crippen LogP contribution in [0, 0.1) is 0 Å². The molecule has 156 valence electrons.